The van der Waals surface area contributed by atoms with Gasteiger partial charge in [-0.25, -0.2) is 0 Å². The summed E-state index contributed by atoms with van der Waals surface area (Å²) in [6.07, 6.45) is 9.57. The van der Waals surface area contributed by atoms with Crippen LogP contribution in [0.1, 0.15) is 71.3 Å². The zero-order valence-corrected chi connectivity index (χ0v) is 20.7. The van der Waals surface area contributed by atoms with Crippen molar-refractivity contribution in [1.29, 1.82) is 0 Å². The highest BCUT2D eigenvalue weighted by Crippen LogP contribution is 2.19. The molecule has 0 amide bonds. The first kappa shape index (κ1) is 24.0. The Morgan fingerprint density at radius 1 is 1.06 bits per heavy atom. The Bertz CT molecular complexity index is 703. The molecule has 0 unspecified atom stereocenters. The van der Waals surface area contributed by atoms with Gasteiger partial charge in [-0.2, -0.15) is 0 Å². The molecule has 2 aliphatic heterocycles. The summed E-state index contributed by atoms with van der Waals surface area (Å²) in [5, 5.41) is 4.75. The molecule has 31 heavy (non-hydrogen) atoms. The van der Waals surface area contributed by atoms with Crippen molar-refractivity contribution in [3.05, 3.63) is 35.9 Å². The van der Waals surface area contributed by atoms with Crippen LogP contribution >= 0.6 is 12.2 Å². The molecule has 5 heteroatoms. The first-order valence-corrected chi connectivity index (χ1v) is 12.8. The molecular weight excluding hydrogens is 400 g/mol. The van der Waals surface area contributed by atoms with Gasteiger partial charge >= 0.3 is 0 Å². The Morgan fingerprint density at radius 2 is 1.87 bits per heavy atom. The predicted octanol–water partition coefficient (Wildman–Crippen LogP) is 5.28. The molecule has 0 aromatic heterocycles. The minimum absolute atomic E-state index is 0.531. The summed E-state index contributed by atoms with van der Waals surface area (Å²) in [6.45, 7) is 11.2. The number of benzene rings is 1. The van der Waals surface area contributed by atoms with Crippen LogP contribution in [-0.4, -0.2) is 59.0 Å². The number of hydrogen-bond acceptors (Lipinski definition) is 3. The third-order valence-electron chi connectivity index (χ3n) is 6.54. The molecule has 1 fully saturated rings. The van der Waals surface area contributed by atoms with E-state index >= 15 is 0 Å². The van der Waals surface area contributed by atoms with Gasteiger partial charge in [0.15, 0.2) is 5.11 Å². The van der Waals surface area contributed by atoms with Gasteiger partial charge in [-0.15, -0.1) is 0 Å². The third kappa shape index (κ3) is 7.78. The molecule has 1 saturated heterocycles. The lowest BCUT2D eigenvalue weighted by Crippen LogP contribution is -2.35. The van der Waals surface area contributed by atoms with E-state index in [1.807, 2.05) is 0 Å². The van der Waals surface area contributed by atoms with Crippen LogP contribution in [0.25, 0.3) is 0 Å². The number of nitrogens with zero attached hydrogens (tertiary/aromatic N) is 3. The summed E-state index contributed by atoms with van der Waals surface area (Å²) in [5.41, 5.74) is 1.42. The van der Waals surface area contributed by atoms with Gasteiger partial charge in [0.25, 0.3) is 0 Å². The average molecular weight is 443 g/mol. The summed E-state index contributed by atoms with van der Waals surface area (Å²) in [5.74, 6) is 1.99. The molecule has 0 aliphatic carbocycles. The molecular formula is C26H42N4S. The molecule has 1 aromatic rings. The van der Waals surface area contributed by atoms with E-state index < -0.39 is 0 Å². The van der Waals surface area contributed by atoms with Gasteiger partial charge in [-0.05, 0) is 75.6 Å². The van der Waals surface area contributed by atoms with Crippen LogP contribution in [0, 0.1) is 5.92 Å². The fourth-order valence-electron chi connectivity index (χ4n) is 4.70. The van der Waals surface area contributed by atoms with Crippen molar-refractivity contribution in [3.63, 3.8) is 0 Å². The first-order chi connectivity index (χ1) is 15.0. The van der Waals surface area contributed by atoms with Crippen molar-refractivity contribution in [2.75, 3.05) is 26.2 Å². The summed E-state index contributed by atoms with van der Waals surface area (Å²) in [6, 6.07) is 11.8. The van der Waals surface area contributed by atoms with Gasteiger partial charge in [0, 0.05) is 38.1 Å². The summed E-state index contributed by atoms with van der Waals surface area (Å²) in [4.78, 5) is 9.63. The smallest absolute Gasteiger partial charge is 0.171 e. The van der Waals surface area contributed by atoms with E-state index in [4.69, 9.17) is 17.2 Å². The van der Waals surface area contributed by atoms with E-state index in [0.717, 1.165) is 50.1 Å². The van der Waals surface area contributed by atoms with E-state index in [0.29, 0.717) is 12.1 Å². The molecule has 0 radical (unpaired) electrons. The Hall–Kier alpha value is -1.62. The van der Waals surface area contributed by atoms with Crippen molar-refractivity contribution in [1.82, 2.24) is 15.1 Å². The Morgan fingerprint density at radius 3 is 2.65 bits per heavy atom. The molecule has 1 N–H and O–H groups in total. The molecule has 2 atom stereocenters. The van der Waals surface area contributed by atoms with Gasteiger partial charge in [0.05, 0.1) is 12.4 Å². The second-order valence-electron chi connectivity index (χ2n) is 9.77. The number of amidine groups is 1. The van der Waals surface area contributed by atoms with Gasteiger partial charge in [0.1, 0.15) is 0 Å². The number of aliphatic imine (C=N–C) groups is 1. The Kier molecular flexibility index (Phi) is 9.63. The molecule has 0 saturated carbocycles. The van der Waals surface area contributed by atoms with Crippen molar-refractivity contribution in [2.24, 2.45) is 10.9 Å². The second-order valence-corrected chi connectivity index (χ2v) is 10.1. The molecule has 1 aromatic carbocycles. The monoisotopic (exact) mass is 442 g/mol. The van der Waals surface area contributed by atoms with E-state index in [2.05, 4.69) is 66.2 Å². The first-order valence-electron chi connectivity index (χ1n) is 12.4. The molecule has 2 aliphatic rings. The number of thiocarbonyl (C=S) groups is 1. The molecule has 3 rings (SSSR count). The fraction of sp³-hybridized carbons (Fsp3) is 0.692. The normalized spacial score (nSPS) is 21.2. The highest BCUT2D eigenvalue weighted by atomic mass is 32.1. The maximum absolute atomic E-state index is 5.79. The standard InChI is InChI=1S/C26H42N4S/c1-21(2)11-10-18-30-22(3)20-29(26(30)31)17-8-7-15-24-19-27-25(28-24)16-9-14-23-12-5-4-6-13-23/h4-6,12-13,21-22,24H,7-11,14-20H2,1-3H3,(H,27,28)/t22-,24+/m1/s1. The maximum Gasteiger partial charge on any atom is 0.171 e. The van der Waals surface area contributed by atoms with Gasteiger partial charge in [-0.3, -0.25) is 4.99 Å². The van der Waals surface area contributed by atoms with Crippen LogP contribution in [-0.2, 0) is 6.42 Å². The molecule has 0 bridgehead atoms. The minimum atomic E-state index is 0.531. The lowest BCUT2D eigenvalue weighted by molar-refractivity contribution is 0.346. The third-order valence-corrected chi connectivity index (χ3v) is 7.03. The molecule has 0 spiro atoms. The largest absolute Gasteiger partial charge is 0.369 e. The van der Waals surface area contributed by atoms with Crippen molar-refractivity contribution in [2.45, 2.75) is 84.2 Å². The van der Waals surface area contributed by atoms with Gasteiger partial charge in [-0.1, -0.05) is 44.2 Å². The van der Waals surface area contributed by atoms with Gasteiger partial charge in [0.2, 0.25) is 0 Å². The second kappa shape index (κ2) is 12.4. The number of hydrogen-bond donors (Lipinski definition) is 1. The maximum atomic E-state index is 5.79. The van der Waals surface area contributed by atoms with Crippen LogP contribution in [0.2, 0.25) is 0 Å². The number of rotatable bonds is 13. The van der Waals surface area contributed by atoms with Crippen molar-refractivity contribution in [3.8, 4) is 0 Å². The fourth-order valence-corrected chi connectivity index (χ4v) is 5.14. The van der Waals surface area contributed by atoms with E-state index in [9.17, 15) is 0 Å². The highest BCUT2D eigenvalue weighted by molar-refractivity contribution is 7.80. The van der Waals surface area contributed by atoms with Crippen LogP contribution < -0.4 is 5.32 Å². The highest BCUT2D eigenvalue weighted by Gasteiger charge is 2.30. The SMILES string of the molecule is CC(C)CCCN1C(=S)N(CCCC[C@H]2CN=C(CCCc3ccccc3)N2)C[C@H]1C. The van der Waals surface area contributed by atoms with E-state index in [1.54, 1.807) is 0 Å². The van der Waals surface area contributed by atoms with E-state index in [1.165, 1.54) is 49.9 Å². The van der Waals surface area contributed by atoms with Crippen LogP contribution in [0.15, 0.2) is 35.3 Å². The van der Waals surface area contributed by atoms with Gasteiger partial charge < -0.3 is 15.1 Å². The predicted molar refractivity (Wildman–Crippen MR) is 137 cm³/mol. The summed E-state index contributed by atoms with van der Waals surface area (Å²) >= 11 is 5.79. The number of nitrogens with one attached hydrogen (secondary N) is 1. The topological polar surface area (TPSA) is 30.9 Å². The quantitative estimate of drug-likeness (QED) is 0.333. The summed E-state index contributed by atoms with van der Waals surface area (Å²) in [7, 11) is 0. The van der Waals surface area contributed by atoms with Crippen LogP contribution in [0.5, 0.6) is 0 Å². The lowest BCUT2D eigenvalue weighted by Gasteiger charge is -2.24. The molecule has 4 nitrogen and oxygen atoms in total. The Labute approximate surface area is 195 Å². The zero-order chi connectivity index (χ0) is 22.1. The average Bonchev–Trinajstić information content (AvgIpc) is 3.31. The number of unbranched alkanes of at least 4 members (excludes halogenated alkanes) is 1. The van der Waals surface area contributed by atoms with Crippen LogP contribution in [0.3, 0.4) is 0 Å². The van der Waals surface area contributed by atoms with Crippen molar-refractivity contribution >= 4 is 23.2 Å². The van der Waals surface area contributed by atoms with Crippen LogP contribution in [0.4, 0.5) is 0 Å². The lowest BCUT2D eigenvalue weighted by atomic mass is 10.1. The minimum Gasteiger partial charge on any atom is -0.369 e. The molecule has 172 valence electrons. The summed E-state index contributed by atoms with van der Waals surface area (Å²) < 4.78 is 0. The Balaban J connectivity index is 1.25. The van der Waals surface area contributed by atoms with E-state index in [-0.39, 0.29) is 0 Å². The zero-order valence-electron chi connectivity index (χ0n) is 19.9. The van der Waals surface area contributed by atoms with Crippen molar-refractivity contribution < 1.29 is 0 Å². The number of aryl methyl sites for hydroxylation is 1. The molecule has 2 heterocycles.